The number of carbonyl (C=O) groups is 2. The van der Waals surface area contributed by atoms with Crippen LogP contribution in [0.1, 0.15) is 18.0 Å². The van der Waals surface area contributed by atoms with Gasteiger partial charge in [0.15, 0.2) is 0 Å². The Morgan fingerprint density at radius 2 is 1.96 bits per heavy atom. The topological polar surface area (TPSA) is 113 Å². The van der Waals surface area contributed by atoms with Crippen LogP contribution in [0.5, 0.6) is 5.95 Å². The summed E-state index contributed by atoms with van der Waals surface area (Å²) in [6.07, 6.45) is 4.35. The maximum atomic E-state index is 9.55. The second-order valence-electron chi connectivity index (χ2n) is 4.86. The highest BCUT2D eigenvalue weighted by molar-refractivity contribution is 5.89. The van der Waals surface area contributed by atoms with Crippen LogP contribution >= 0.6 is 0 Å². The lowest BCUT2D eigenvalue weighted by Crippen LogP contribution is -2.25. The summed E-state index contributed by atoms with van der Waals surface area (Å²) in [5, 5.41) is 15.6. The third-order valence-corrected chi connectivity index (χ3v) is 2.92. The summed E-state index contributed by atoms with van der Waals surface area (Å²) >= 11 is 0. The zero-order valence-electron chi connectivity index (χ0n) is 13.3. The van der Waals surface area contributed by atoms with E-state index >= 15 is 0 Å². The van der Waals surface area contributed by atoms with Crippen molar-refractivity contribution in [2.75, 3.05) is 27.2 Å². The van der Waals surface area contributed by atoms with Gasteiger partial charge in [0.2, 0.25) is 5.89 Å². The zero-order chi connectivity index (χ0) is 17.4. The Morgan fingerprint density at radius 1 is 1.35 bits per heavy atom. The molecular weight excluding hydrogens is 304 g/mol. The molecule has 0 fully saturated rings. The van der Waals surface area contributed by atoms with Crippen molar-refractivity contribution in [3.63, 3.8) is 0 Å². The zero-order valence-corrected chi connectivity index (χ0v) is 13.3. The molecule has 0 unspecified atom stereocenters. The van der Waals surface area contributed by atoms with Crippen molar-refractivity contribution in [1.29, 1.82) is 0 Å². The molecule has 0 saturated heterocycles. The molecule has 0 aromatic carbocycles. The number of nitrogens with zero attached hydrogens (tertiary/aromatic N) is 2. The van der Waals surface area contributed by atoms with Crippen molar-refractivity contribution in [3.8, 4) is 5.95 Å². The number of methoxy groups -OCH3 is 1. The Balaban J connectivity index is 0.000000284. The summed E-state index contributed by atoms with van der Waals surface area (Å²) in [6, 6.07) is 0. The molecule has 0 spiro atoms. The maximum Gasteiger partial charge on any atom is 0.328 e. The van der Waals surface area contributed by atoms with Crippen LogP contribution in [0.15, 0.2) is 22.6 Å². The predicted molar refractivity (Wildman–Crippen MR) is 82.3 cm³/mol. The molecule has 8 heteroatoms. The number of aliphatic carboxylic acids is 2. The number of oxazole rings is 1. The van der Waals surface area contributed by atoms with Gasteiger partial charge >= 0.3 is 17.9 Å². The first-order valence-electron chi connectivity index (χ1n) is 6.86. The lowest BCUT2D eigenvalue weighted by molar-refractivity contribution is -0.134. The molecule has 0 aliphatic carbocycles. The van der Waals surface area contributed by atoms with E-state index in [1.807, 2.05) is 6.92 Å². The van der Waals surface area contributed by atoms with Gasteiger partial charge < -0.3 is 24.3 Å². The first kappa shape index (κ1) is 18.4. The summed E-state index contributed by atoms with van der Waals surface area (Å²) in [6.45, 7) is 3.88. The van der Waals surface area contributed by atoms with E-state index in [0.717, 1.165) is 30.8 Å². The molecule has 1 aromatic rings. The van der Waals surface area contributed by atoms with Gasteiger partial charge in [-0.3, -0.25) is 0 Å². The third kappa shape index (κ3) is 6.35. The molecule has 2 heterocycles. The average molecular weight is 324 g/mol. The van der Waals surface area contributed by atoms with Crippen molar-refractivity contribution in [1.82, 2.24) is 9.88 Å². The molecule has 126 valence electrons. The molecule has 8 nitrogen and oxygen atoms in total. The van der Waals surface area contributed by atoms with E-state index in [9.17, 15) is 9.59 Å². The molecule has 1 aliphatic heterocycles. The Labute approximate surface area is 133 Å². The monoisotopic (exact) mass is 324 g/mol. The normalized spacial score (nSPS) is 14.8. The van der Waals surface area contributed by atoms with Crippen LogP contribution in [0.4, 0.5) is 0 Å². The molecule has 0 saturated carbocycles. The van der Waals surface area contributed by atoms with Crippen LogP contribution in [0.3, 0.4) is 0 Å². The van der Waals surface area contributed by atoms with E-state index in [-0.39, 0.29) is 0 Å². The predicted octanol–water partition coefficient (Wildman–Crippen LogP) is 1.42. The molecule has 2 rings (SSSR count). The number of hydrogen-bond acceptors (Lipinski definition) is 6. The summed E-state index contributed by atoms with van der Waals surface area (Å²) in [5.41, 5.74) is 1.96. The molecule has 0 bridgehead atoms. The van der Waals surface area contributed by atoms with Gasteiger partial charge in [-0.1, -0.05) is 6.08 Å². The van der Waals surface area contributed by atoms with E-state index in [1.54, 1.807) is 7.11 Å². The number of likely N-dealkylation sites (N-methyl/N-ethyl adjacent to an activating group) is 1. The Hall–Kier alpha value is -2.61. The molecule has 0 amide bonds. The lowest BCUT2D eigenvalue weighted by Gasteiger charge is -2.20. The van der Waals surface area contributed by atoms with Gasteiger partial charge in [0.05, 0.1) is 7.11 Å². The van der Waals surface area contributed by atoms with Crippen LogP contribution in [0.25, 0.3) is 5.57 Å². The van der Waals surface area contributed by atoms with Crippen LogP contribution in [0.2, 0.25) is 0 Å². The number of carboxylic acids is 2. The van der Waals surface area contributed by atoms with Gasteiger partial charge in [-0.25, -0.2) is 14.6 Å². The van der Waals surface area contributed by atoms with Gasteiger partial charge in [-0.2, -0.15) is 0 Å². The first-order chi connectivity index (χ1) is 10.8. The SMILES string of the molecule is COc1oc(C2=CCCN(C)C2)nc1C.O=C(O)C=CC(=O)O. The minimum absolute atomic E-state index is 0.513. The highest BCUT2D eigenvalue weighted by atomic mass is 16.6. The van der Waals surface area contributed by atoms with E-state index < -0.39 is 11.9 Å². The second-order valence-corrected chi connectivity index (χ2v) is 4.86. The smallest absolute Gasteiger partial charge is 0.328 e. The number of aryl methyl sites for hydroxylation is 1. The first-order valence-corrected chi connectivity index (χ1v) is 6.86. The standard InChI is InChI=1S/C11H16N2O2.C4H4O4/c1-8-11(14-3)15-10(12-8)9-5-4-6-13(2)7-9;5-3(6)1-2-4(7)8/h5H,4,6-7H2,1-3H3;1-2H,(H,5,6)(H,7,8). The Kier molecular flexibility index (Phi) is 7.01. The molecule has 0 radical (unpaired) electrons. The van der Waals surface area contributed by atoms with Crippen molar-refractivity contribution < 1.29 is 29.0 Å². The Bertz CT molecular complexity index is 601. The van der Waals surface area contributed by atoms with Crippen molar-refractivity contribution in [2.45, 2.75) is 13.3 Å². The molecular formula is C15H20N2O6. The fraction of sp³-hybridized carbons (Fsp3) is 0.400. The van der Waals surface area contributed by atoms with Gasteiger partial charge in [0.1, 0.15) is 5.69 Å². The van der Waals surface area contributed by atoms with Gasteiger partial charge in [-0.05, 0) is 20.4 Å². The van der Waals surface area contributed by atoms with E-state index in [0.29, 0.717) is 24.0 Å². The highest BCUT2D eigenvalue weighted by Crippen LogP contribution is 2.25. The summed E-state index contributed by atoms with van der Waals surface area (Å²) < 4.78 is 10.6. The lowest BCUT2D eigenvalue weighted by atomic mass is 10.1. The molecule has 23 heavy (non-hydrogen) atoms. The second kappa shape index (κ2) is 8.74. The van der Waals surface area contributed by atoms with E-state index in [2.05, 4.69) is 23.0 Å². The summed E-state index contributed by atoms with van der Waals surface area (Å²) in [5.74, 6) is -1.31. The minimum atomic E-state index is -1.26. The number of ether oxygens (including phenoxy) is 1. The highest BCUT2D eigenvalue weighted by Gasteiger charge is 2.17. The van der Waals surface area contributed by atoms with Crippen molar-refractivity contribution in [3.05, 3.63) is 29.8 Å². The van der Waals surface area contributed by atoms with Crippen LogP contribution in [0, 0.1) is 6.92 Å². The number of carboxylic acid groups (broad SMARTS) is 2. The maximum absolute atomic E-state index is 9.55. The van der Waals surface area contributed by atoms with E-state index in [1.165, 1.54) is 0 Å². The van der Waals surface area contributed by atoms with Crippen LogP contribution in [-0.2, 0) is 9.59 Å². The number of hydrogen-bond donors (Lipinski definition) is 2. The number of aromatic nitrogens is 1. The fourth-order valence-corrected chi connectivity index (χ4v) is 1.90. The van der Waals surface area contributed by atoms with Gasteiger partial charge in [-0.15, -0.1) is 0 Å². The summed E-state index contributed by atoms with van der Waals surface area (Å²) in [4.78, 5) is 25.7. The average Bonchev–Trinajstić information content (AvgIpc) is 2.87. The fourth-order valence-electron chi connectivity index (χ4n) is 1.90. The number of rotatable bonds is 4. The quantitative estimate of drug-likeness (QED) is 0.800. The molecule has 0 atom stereocenters. The van der Waals surface area contributed by atoms with Crippen LogP contribution < -0.4 is 4.74 Å². The molecule has 2 N–H and O–H groups in total. The summed E-state index contributed by atoms with van der Waals surface area (Å²) in [7, 11) is 3.69. The van der Waals surface area contributed by atoms with Gasteiger partial charge in [0.25, 0.3) is 0 Å². The molecule has 1 aliphatic rings. The molecule has 1 aromatic heterocycles. The van der Waals surface area contributed by atoms with Crippen LogP contribution in [-0.4, -0.2) is 59.3 Å². The van der Waals surface area contributed by atoms with Gasteiger partial charge in [0, 0.05) is 30.8 Å². The third-order valence-electron chi connectivity index (χ3n) is 2.92. The van der Waals surface area contributed by atoms with Crippen molar-refractivity contribution in [2.24, 2.45) is 0 Å². The Morgan fingerprint density at radius 3 is 2.39 bits per heavy atom. The van der Waals surface area contributed by atoms with E-state index in [4.69, 9.17) is 19.4 Å². The largest absolute Gasteiger partial charge is 0.478 e. The van der Waals surface area contributed by atoms with Crippen molar-refractivity contribution >= 4 is 17.5 Å². The minimum Gasteiger partial charge on any atom is -0.478 e.